The highest BCUT2D eigenvalue weighted by atomic mass is 16.1. The highest BCUT2D eigenvalue weighted by molar-refractivity contribution is 5.78. The molecule has 0 bridgehead atoms. The molecule has 0 aliphatic rings. The number of aromatic amines is 1. The van der Waals surface area contributed by atoms with Gasteiger partial charge in [-0.2, -0.15) is 5.10 Å². The second-order valence-electron chi connectivity index (χ2n) is 6.64. The van der Waals surface area contributed by atoms with Crippen LogP contribution in [0, 0.1) is 13.8 Å². The van der Waals surface area contributed by atoms with Crippen molar-refractivity contribution in [1.82, 2.24) is 20.5 Å². The second kappa shape index (κ2) is 7.95. The molecular weight excluding hydrogens is 324 g/mol. The molecule has 1 amide bonds. The van der Waals surface area contributed by atoms with Gasteiger partial charge in [-0.1, -0.05) is 37.3 Å². The van der Waals surface area contributed by atoms with E-state index in [0.29, 0.717) is 6.42 Å². The van der Waals surface area contributed by atoms with Crippen molar-refractivity contribution in [2.24, 2.45) is 0 Å². The maximum absolute atomic E-state index is 12.8. The molecule has 0 saturated carbocycles. The third-order valence-electron chi connectivity index (χ3n) is 4.65. The van der Waals surface area contributed by atoms with Crippen LogP contribution in [0.2, 0.25) is 0 Å². The van der Waals surface area contributed by atoms with Gasteiger partial charge in [-0.25, -0.2) is 0 Å². The smallest absolute Gasteiger partial charge is 0.221 e. The highest BCUT2D eigenvalue weighted by Gasteiger charge is 2.21. The summed E-state index contributed by atoms with van der Waals surface area (Å²) >= 11 is 0. The highest BCUT2D eigenvalue weighted by Crippen LogP contribution is 2.26. The number of nitrogens with one attached hydrogen (secondary N) is 2. The molecule has 1 aromatic carbocycles. The van der Waals surface area contributed by atoms with E-state index in [9.17, 15) is 4.79 Å². The number of hydrogen-bond donors (Lipinski definition) is 2. The van der Waals surface area contributed by atoms with Gasteiger partial charge < -0.3 is 5.32 Å². The molecule has 2 aromatic heterocycles. The Morgan fingerprint density at radius 1 is 1.08 bits per heavy atom. The molecule has 5 heteroatoms. The molecule has 2 unspecified atom stereocenters. The normalized spacial score (nSPS) is 13.2. The summed E-state index contributed by atoms with van der Waals surface area (Å²) in [5.41, 5.74) is 5.17. The first-order valence-electron chi connectivity index (χ1n) is 8.82. The van der Waals surface area contributed by atoms with Crippen LogP contribution >= 0.6 is 0 Å². The Hall–Kier alpha value is -2.95. The Labute approximate surface area is 153 Å². The number of aryl methyl sites for hydroxylation is 2. The van der Waals surface area contributed by atoms with Gasteiger partial charge in [-0.3, -0.25) is 14.9 Å². The molecule has 0 aliphatic heterocycles. The fourth-order valence-corrected chi connectivity index (χ4v) is 3.45. The quantitative estimate of drug-likeness (QED) is 0.711. The zero-order chi connectivity index (χ0) is 18.5. The zero-order valence-electron chi connectivity index (χ0n) is 15.4. The van der Waals surface area contributed by atoms with Crippen LogP contribution in [-0.2, 0) is 4.79 Å². The predicted octanol–water partition coefficient (Wildman–Crippen LogP) is 3.82. The molecule has 0 saturated heterocycles. The van der Waals surface area contributed by atoms with E-state index in [1.807, 2.05) is 56.3 Å². The molecule has 134 valence electrons. The van der Waals surface area contributed by atoms with Crippen LogP contribution in [0.15, 0.2) is 54.9 Å². The number of pyridine rings is 1. The van der Waals surface area contributed by atoms with Crippen molar-refractivity contribution in [2.75, 3.05) is 0 Å². The molecule has 3 rings (SSSR count). The minimum Gasteiger partial charge on any atom is -0.345 e. The first kappa shape index (κ1) is 17.9. The number of aromatic nitrogens is 3. The molecule has 0 fully saturated rings. The number of amides is 1. The summed E-state index contributed by atoms with van der Waals surface area (Å²) in [6, 6.07) is 13.7. The molecule has 0 spiro atoms. The topological polar surface area (TPSA) is 70.7 Å². The van der Waals surface area contributed by atoms with Crippen molar-refractivity contribution in [2.45, 2.75) is 39.2 Å². The third-order valence-corrected chi connectivity index (χ3v) is 4.65. The molecule has 2 heterocycles. The van der Waals surface area contributed by atoms with Crippen LogP contribution in [0.25, 0.3) is 0 Å². The van der Waals surface area contributed by atoms with Crippen LogP contribution in [0.3, 0.4) is 0 Å². The van der Waals surface area contributed by atoms with Gasteiger partial charge in [0.25, 0.3) is 0 Å². The third kappa shape index (κ3) is 3.99. The van der Waals surface area contributed by atoms with E-state index >= 15 is 0 Å². The van der Waals surface area contributed by atoms with Gasteiger partial charge in [0.05, 0.1) is 11.7 Å². The van der Waals surface area contributed by atoms with E-state index in [4.69, 9.17) is 0 Å². The lowest BCUT2D eigenvalue weighted by atomic mass is 9.94. The predicted molar refractivity (Wildman–Crippen MR) is 102 cm³/mol. The summed E-state index contributed by atoms with van der Waals surface area (Å²) in [7, 11) is 0. The molecular formula is C21H24N4O. The summed E-state index contributed by atoms with van der Waals surface area (Å²) < 4.78 is 0. The van der Waals surface area contributed by atoms with E-state index in [1.165, 1.54) is 0 Å². The molecule has 0 radical (unpaired) electrons. The largest absolute Gasteiger partial charge is 0.345 e. The number of hydrogen-bond acceptors (Lipinski definition) is 3. The standard InChI is InChI=1S/C21H24N4O/c1-14(20-15(2)24-25-16(20)3)13-19(26)23-21(17-7-5-4-6-8-17)18-9-11-22-12-10-18/h4-12,14,21H,13H2,1-3H3,(H,23,26)(H,24,25). The first-order valence-corrected chi connectivity index (χ1v) is 8.82. The summed E-state index contributed by atoms with van der Waals surface area (Å²) in [4.78, 5) is 16.8. The monoisotopic (exact) mass is 348 g/mol. The Morgan fingerprint density at radius 3 is 2.35 bits per heavy atom. The van der Waals surface area contributed by atoms with Crippen molar-refractivity contribution in [1.29, 1.82) is 0 Å². The number of benzene rings is 1. The Bertz CT molecular complexity index is 799. The van der Waals surface area contributed by atoms with Gasteiger partial charge in [0.1, 0.15) is 0 Å². The fourth-order valence-electron chi connectivity index (χ4n) is 3.45. The van der Waals surface area contributed by atoms with Crippen LogP contribution in [0.1, 0.15) is 53.4 Å². The molecule has 3 aromatic rings. The molecule has 0 aliphatic carbocycles. The van der Waals surface area contributed by atoms with E-state index in [-0.39, 0.29) is 17.9 Å². The maximum Gasteiger partial charge on any atom is 0.221 e. The Morgan fingerprint density at radius 2 is 1.73 bits per heavy atom. The zero-order valence-corrected chi connectivity index (χ0v) is 15.4. The molecule has 26 heavy (non-hydrogen) atoms. The fraction of sp³-hybridized carbons (Fsp3) is 0.286. The van der Waals surface area contributed by atoms with Crippen molar-refractivity contribution < 1.29 is 4.79 Å². The average Bonchev–Trinajstić information content (AvgIpc) is 2.99. The first-order chi connectivity index (χ1) is 12.6. The van der Waals surface area contributed by atoms with Gasteiger partial charge in [0.15, 0.2) is 0 Å². The summed E-state index contributed by atoms with van der Waals surface area (Å²) in [5.74, 6) is 0.116. The van der Waals surface area contributed by atoms with Gasteiger partial charge in [-0.15, -0.1) is 0 Å². The summed E-state index contributed by atoms with van der Waals surface area (Å²) in [5, 5.41) is 10.4. The van der Waals surface area contributed by atoms with Crippen molar-refractivity contribution in [3.8, 4) is 0 Å². The van der Waals surface area contributed by atoms with Crippen molar-refractivity contribution in [3.05, 3.63) is 82.9 Å². The van der Waals surface area contributed by atoms with Crippen molar-refractivity contribution in [3.63, 3.8) is 0 Å². The lowest BCUT2D eigenvalue weighted by Gasteiger charge is -2.21. The van der Waals surface area contributed by atoms with Crippen LogP contribution in [0.5, 0.6) is 0 Å². The van der Waals surface area contributed by atoms with Gasteiger partial charge in [-0.05, 0) is 48.6 Å². The number of nitrogens with zero attached hydrogens (tertiary/aromatic N) is 2. The van der Waals surface area contributed by atoms with Crippen LogP contribution < -0.4 is 5.32 Å². The number of carbonyl (C=O) groups is 1. The van der Waals surface area contributed by atoms with Crippen LogP contribution in [-0.4, -0.2) is 21.1 Å². The van der Waals surface area contributed by atoms with E-state index in [1.54, 1.807) is 12.4 Å². The second-order valence-corrected chi connectivity index (χ2v) is 6.64. The Kier molecular flexibility index (Phi) is 5.46. The Balaban J connectivity index is 1.78. The van der Waals surface area contributed by atoms with Gasteiger partial charge >= 0.3 is 0 Å². The molecule has 2 N–H and O–H groups in total. The van der Waals surface area contributed by atoms with Crippen molar-refractivity contribution >= 4 is 5.91 Å². The number of rotatable bonds is 6. The van der Waals surface area contributed by atoms with E-state index in [2.05, 4.69) is 27.4 Å². The maximum atomic E-state index is 12.8. The minimum atomic E-state index is -0.189. The lowest BCUT2D eigenvalue weighted by Crippen LogP contribution is -2.30. The van der Waals surface area contributed by atoms with E-state index in [0.717, 1.165) is 28.1 Å². The molecule has 5 nitrogen and oxygen atoms in total. The average molecular weight is 348 g/mol. The number of H-pyrrole nitrogens is 1. The summed E-state index contributed by atoms with van der Waals surface area (Å²) in [6.45, 7) is 6.03. The summed E-state index contributed by atoms with van der Waals surface area (Å²) in [6.07, 6.45) is 3.91. The lowest BCUT2D eigenvalue weighted by molar-refractivity contribution is -0.121. The van der Waals surface area contributed by atoms with Gasteiger partial charge in [0.2, 0.25) is 5.91 Å². The van der Waals surface area contributed by atoms with Crippen LogP contribution in [0.4, 0.5) is 0 Å². The molecule has 2 atom stereocenters. The minimum absolute atomic E-state index is 0.0168. The van der Waals surface area contributed by atoms with Gasteiger partial charge in [0, 0.05) is 24.5 Å². The van der Waals surface area contributed by atoms with E-state index < -0.39 is 0 Å². The number of carbonyl (C=O) groups excluding carboxylic acids is 1. The SMILES string of the molecule is Cc1n[nH]c(C)c1C(C)CC(=O)NC(c1ccccc1)c1ccncc1.